The predicted octanol–water partition coefficient (Wildman–Crippen LogP) is 2.51. The van der Waals surface area contributed by atoms with Crippen molar-refractivity contribution in [3.05, 3.63) is 76.5 Å². The summed E-state index contributed by atoms with van der Waals surface area (Å²) >= 11 is 0. The molecule has 0 aliphatic rings. The molecule has 4 aromatic rings. The first-order valence-electron chi connectivity index (χ1n) is 10.5. The number of hydrogen-bond acceptors (Lipinski definition) is 7. The van der Waals surface area contributed by atoms with Gasteiger partial charge in [0, 0.05) is 36.7 Å². The summed E-state index contributed by atoms with van der Waals surface area (Å²) in [5.41, 5.74) is 16.9. The number of aliphatic imine (C=N–C) groups is 1. The fourth-order valence-electron chi connectivity index (χ4n) is 3.77. The molecule has 0 aliphatic heterocycles. The highest BCUT2D eigenvalue weighted by Gasteiger charge is 2.13. The SMILES string of the molecule is Cc1ccc2nc(CN=C/C(=C\N)C(=O)NCc3c(C)cc4c(N)nccc4c3C)nn2c1. The van der Waals surface area contributed by atoms with Crippen LogP contribution in [0, 0.1) is 20.8 Å². The van der Waals surface area contributed by atoms with E-state index in [1.165, 1.54) is 12.4 Å². The Morgan fingerprint density at radius 1 is 1.21 bits per heavy atom. The molecule has 0 atom stereocenters. The molecule has 33 heavy (non-hydrogen) atoms. The van der Waals surface area contributed by atoms with Gasteiger partial charge in [0.05, 0.1) is 5.57 Å². The molecule has 1 amide bonds. The van der Waals surface area contributed by atoms with Gasteiger partial charge >= 0.3 is 0 Å². The molecule has 9 nitrogen and oxygen atoms in total. The Balaban J connectivity index is 1.44. The number of nitrogens with two attached hydrogens (primary N) is 2. The lowest BCUT2D eigenvalue weighted by atomic mass is 9.96. The summed E-state index contributed by atoms with van der Waals surface area (Å²) < 4.78 is 1.71. The number of benzene rings is 1. The lowest BCUT2D eigenvalue weighted by Gasteiger charge is -2.15. The zero-order chi connectivity index (χ0) is 23.5. The van der Waals surface area contributed by atoms with E-state index >= 15 is 0 Å². The van der Waals surface area contributed by atoms with E-state index in [1.54, 1.807) is 10.7 Å². The highest BCUT2D eigenvalue weighted by molar-refractivity contribution is 6.12. The van der Waals surface area contributed by atoms with Crippen molar-refractivity contribution in [2.75, 3.05) is 5.73 Å². The van der Waals surface area contributed by atoms with Gasteiger partial charge in [-0.2, -0.15) is 0 Å². The van der Waals surface area contributed by atoms with Gasteiger partial charge in [0.2, 0.25) is 0 Å². The minimum atomic E-state index is -0.312. The molecule has 1 aromatic carbocycles. The average molecular weight is 443 g/mol. The second kappa shape index (κ2) is 9.07. The molecule has 0 unspecified atom stereocenters. The van der Waals surface area contributed by atoms with Gasteiger partial charge in [-0.25, -0.2) is 14.5 Å². The monoisotopic (exact) mass is 442 g/mol. The Morgan fingerprint density at radius 2 is 2.03 bits per heavy atom. The normalized spacial score (nSPS) is 12.2. The third-order valence-corrected chi connectivity index (χ3v) is 5.57. The van der Waals surface area contributed by atoms with Crippen molar-refractivity contribution in [1.82, 2.24) is 24.9 Å². The van der Waals surface area contributed by atoms with Crippen molar-refractivity contribution in [3.8, 4) is 0 Å². The first-order chi connectivity index (χ1) is 15.9. The summed E-state index contributed by atoms with van der Waals surface area (Å²) in [5, 5.41) is 9.25. The largest absolute Gasteiger partial charge is 0.404 e. The summed E-state index contributed by atoms with van der Waals surface area (Å²) in [4.78, 5) is 25.6. The lowest BCUT2D eigenvalue weighted by Crippen LogP contribution is -2.26. The Bertz CT molecular complexity index is 1420. The molecule has 0 spiro atoms. The van der Waals surface area contributed by atoms with Gasteiger partial charge in [0.1, 0.15) is 12.4 Å². The first-order valence-corrected chi connectivity index (χ1v) is 10.5. The molecule has 168 valence electrons. The third-order valence-electron chi connectivity index (χ3n) is 5.57. The number of nitrogen functional groups attached to an aromatic ring is 1. The van der Waals surface area contributed by atoms with E-state index in [2.05, 4.69) is 25.4 Å². The Kier molecular flexibility index (Phi) is 6.03. The van der Waals surface area contributed by atoms with Gasteiger partial charge in [0.25, 0.3) is 5.91 Å². The van der Waals surface area contributed by atoms with Crippen LogP contribution >= 0.6 is 0 Å². The van der Waals surface area contributed by atoms with E-state index in [4.69, 9.17) is 11.5 Å². The Hall–Kier alpha value is -4.27. The highest BCUT2D eigenvalue weighted by atomic mass is 16.1. The van der Waals surface area contributed by atoms with Crippen molar-refractivity contribution in [2.24, 2.45) is 10.7 Å². The molecule has 0 saturated heterocycles. The molecule has 3 heterocycles. The molecule has 0 aliphatic carbocycles. The van der Waals surface area contributed by atoms with E-state index in [1.807, 2.05) is 51.2 Å². The molecule has 4 rings (SSSR count). The zero-order valence-corrected chi connectivity index (χ0v) is 18.8. The van der Waals surface area contributed by atoms with Crippen LogP contribution in [0.25, 0.3) is 16.4 Å². The summed E-state index contributed by atoms with van der Waals surface area (Å²) in [5.74, 6) is 0.742. The summed E-state index contributed by atoms with van der Waals surface area (Å²) in [6.07, 6.45) is 6.27. The van der Waals surface area contributed by atoms with Crippen molar-refractivity contribution in [2.45, 2.75) is 33.9 Å². The zero-order valence-electron chi connectivity index (χ0n) is 18.8. The van der Waals surface area contributed by atoms with E-state index in [-0.39, 0.29) is 18.0 Å². The van der Waals surface area contributed by atoms with Gasteiger partial charge in [-0.05, 0) is 66.6 Å². The minimum Gasteiger partial charge on any atom is -0.404 e. The number of anilines is 1. The number of rotatable bonds is 6. The number of carbonyl (C=O) groups is 1. The van der Waals surface area contributed by atoms with Crippen LogP contribution in [0.1, 0.15) is 28.1 Å². The average Bonchev–Trinajstić information content (AvgIpc) is 3.19. The van der Waals surface area contributed by atoms with E-state index in [9.17, 15) is 4.79 Å². The molecular weight excluding hydrogens is 416 g/mol. The molecular formula is C24H26N8O. The van der Waals surface area contributed by atoms with Crippen LogP contribution in [-0.4, -0.2) is 31.7 Å². The number of carbonyl (C=O) groups excluding carboxylic acids is 1. The number of nitrogens with one attached hydrogen (secondary N) is 1. The van der Waals surface area contributed by atoms with Crippen LogP contribution in [-0.2, 0) is 17.9 Å². The van der Waals surface area contributed by atoms with Crippen molar-refractivity contribution in [1.29, 1.82) is 0 Å². The number of hydrogen-bond donors (Lipinski definition) is 3. The van der Waals surface area contributed by atoms with Gasteiger partial charge in [-0.3, -0.25) is 9.79 Å². The smallest absolute Gasteiger partial charge is 0.254 e. The van der Waals surface area contributed by atoms with Gasteiger partial charge < -0.3 is 16.8 Å². The fourth-order valence-corrected chi connectivity index (χ4v) is 3.77. The van der Waals surface area contributed by atoms with Crippen LogP contribution in [0.2, 0.25) is 0 Å². The number of pyridine rings is 2. The number of fused-ring (bicyclic) bond motifs is 2. The van der Waals surface area contributed by atoms with Gasteiger partial charge in [-0.15, -0.1) is 5.10 Å². The van der Waals surface area contributed by atoms with Crippen molar-refractivity contribution < 1.29 is 4.79 Å². The molecule has 0 saturated carbocycles. The maximum Gasteiger partial charge on any atom is 0.254 e. The maximum atomic E-state index is 12.7. The second-order valence-corrected chi connectivity index (χ2v) is 7.90. The molecule has 0 fully saturated rings. The molecule has 9 heteroatoms. The maximum absolute atomic E-state index is 12.7. The van der Waals surface area contributed by atoms with Crippen LogP contribution in [0.3, 0.4) is 0 Å². The van der Waals surface area contributed by atoms with Crippen molar-refractivity contribution in [3.63, 3.8) is 0 Å². The van der Waals surface area contributed by atoms with E-state index in [0.29, 0.717) is 18.2 Å². The van der Waals surface area contributed by atoms with E-state index in [0.717, 1.165) is 38.7 Å². The van der Waals surface area contributed by atoms with Crippen molar-refractivity contribution >= 4 is 34.4 Å². The van der Waals surface area contributed by atoms with Crippen LogP contribution in [0.5, 0.6) is 0 Å². The minimum absolute atomic E-state index is 0.240. The first kappa shape index (κ1) is 21.9. The van der Waals surface area contributed by atoms with Crippen LogP contribution < -0.4 is 16.8 Å². The number of nitrogens with zero attached hydrogens (tertiary/aromatic N) is 5. The number of aryl methyl sites for hydroxylation is 3. The van der Waals surface area contributed by atoms with Crippen LogP contribution in [0.15, 0.2) is 53.4 Å². The Labute approximate surface area is 191 Å². The molecule has 3 aromatic heterocycles. The predicted molar refractivity (Wildman–Crippen MR) is 130 cm³/mol. The topological polar surface area (TPSA) is 137 Å². The summed E-state index contributed by atoms with van der Waals surface area (Å²) in [6, 6.07) is 7.80. The molecule has 0 radical (unpaired) electrons. The quantitative estimate of drug-likeness (QED) is 0.310. The highest BCUT2D eigenvalue weighted by Crippen LogP contribution is 2.27. The fraction of sp³-hybridized carbons (Fsp3) is 0.208. The molecule has 5 N–H and O–H groups in total. The standard InChI is InChI=1S/C24H26N8O/c1-14-4-5-22-30-21(31-32(22)13-14)12-27-10-17(9-25)24(33)29-11-20-15(2)8-19-18(16(20)3)6-7-28-23(19)26/h4-10,13H,11-12,25H2,1-3H3,(H2,26,28)(H,29,33)/b17-9+,27-10?. The van der Waals surface area contributed by atoms with Gasteiger partial charge in [-0.1, -0.05) is 6.07 Å². The third kappa shape index (κ3) is 4.52. The van der Waals surface area contributed by atoms with Crippen LogP contribution in [0.4, 0.5) is 5.82 Å². The van der Waals surface area contributed by atoms with Gasteiger partial charge in [0.15, 0.2) is 11.5 Å². The van der Waals surface area contributed by atoms with E-state index < -0.39 is 0 Å². The second-order valence-electron chi connectivity index (χ2n) is 7.90. The Morgan fingerprint density at radius 3 is 2.82 bits per heavy atom. The summed E-state index contributed by atoms with van der Waals surface area (Å²) in [7, 11) is 0. The molecule has 0 bridgehead atoms. The number of aromatic nitrogens is 4. The number of amides is 1. The summed E-state index contributed by atoms with van der Waals surface area (Å²) in [6.45, 7) is 6.59. The lowest BCUT2D eigenvalue weighted by molar-refractivity contribution is -0.117.